The zero-order valence-electron chi connectivity index (χ0n) is 57.2. The van der Waals surface area contributed by atoms with Crippen LogP contribution in [0.25, 0.3) is 11.1 Å². The fourth-order valence-corrected chi connectivity index (χ4v) is 14.8. The first-order chi connectivity index (χ1) is 44.0. The zero-order chi connectivity index (χ0) is 69.8. The maximum atomic E-state index is 13.0. The molecule has 4 saturated carbocycles. The van der Waals surface area contributed by atoms with Crippen molar-refractivity contribution in [1.29, 1.82) is 0 Å². The first-order valence-corrected chi connectivity index (χ1v) is 35.4. The predicted molar refractivity (Wildman–Crippen MR) is 358 cm³/mol. The highest BCUT2D eigenvalue weighted by molar-refractivity contribution is 7.97. The molecule has 1 heterocycles. The lowest BCUT2D eigenvalue weighted by atomic mass is 9.65. The number of aromatic amines is 1. The smallest absolute Gasteiger partial charge is 0.417 e. The molecule has 1 aromatic heterocycles. The molecule has 20 heteroatoms. The van der Waals surface area contributed by atoms with Crippen LogP contribution in [-0.4, -0.2) is 70.5 Å². The summed E-state index contributed by atoms with van der Waals surface area (Å²) in [7, 11) is -5.87. The number of oxazole rings is 1. The standard InChI is InChI=1S/C20H32O2.C18H15S.C14H20O4.C13H15NO4.C9H16F2O5S/c1-5-19(3,4)18(21)22-20(6-2)11-14-10-15(20)17-13-8-7-12(9-13)16(14)17;1-4-10-16(11-5-1)19(17-12-6-2-7-13-17)18-14-8-3-9-15-18;1-5-14(3,4)13(16)18-12-8-10(15)7-11(9-12)17-6-2;1-4-13(2,3)11(15)17-8-5-6-9-10(7-8)18-12(16)14-9;1-5-8(3,4)7(12)16-6(2)9(10,11)17(13,14)15/h12-17H,5-11H2,1-4H3;1-15H;7-9,15H,5-6H2,1-4H3;5-7H,4H2,1-3H3,(H,14,16);6H,5H2,1-4H3,(H,13,14,15)/q;+1;;;/p-1. The average Bonchev–Trinajstić information content (AvgIpc) is 1.53. The van der Waals surface area contributed by atoms with Crippen molar-refractivity contribution < 1.29 is 74.1 Å². The second-order valence-corrected chi connectivity index (χ2v) is 30.9. The number of carbonyl (C=O) groups excluding carboxylic acids is 4. The van der Waals surface area contributed by atoms with Gasteiger partial charge in [-0.2, -0.15) is 8.78 Å². The number of aromatic nitrogens is 1. The van der Waals surface area contributed by atoms with Crippen molar-refractivity contribution >= 4 is 56.0 Å². The maximum absolute atomic E-state index is 13.0. The minimum absolute atomic E-state index is 0.0121. The van der Waals surface area contributed by atoms with E-state index >= 15 is 0 Å². The van der Waals surface area contributed by atoms with E-state index in [2.05, 4.69) is 115 Å². The number of fused-ring (bicyclic) bond motifs is 10. The molecule has 0 radical (unpaired) electrons. The number of aromatic hydroxyl groups is 1. The second-order valence-electron chi connectivity index (χ2n) is 27.4. The fraction of sp³-hybridized carbons (Fsp3) is 0.527. The number of H-pyrrole nitrogens is 1. The maximum Gasteiger partial charge on any atom is 0.417 e. The lowest BCUT2D eigenvalue weighted by molar-refractivity contribution is -0.183. The molecule has 0 amide bonds. The van der Waals surface area contributed by atoms with Crippen LogP contribution in [0.5, 0.6) is 23.0 Å². The molecule has 4 aliphatic carbocycles. The molecular weight excluding hydrogens is 1240 g/mol. The molecule has 4 aliphatic rings. The van der Waals surface area contributed by atoms with Gasteiger partial charge in [0.1, 0.15) is 28.6 Å². The van der Waals surface area contributed by atoms with Crippen LogP contribution in [0.15, 0.2) is 151 Å². The Morgan fingerprint density at radius 3 is 1.55 bits per heavy atom. The zero-order valence-corrected chi connectivity index (χ0v) is 58.8. The Kier molecular flexibility index (Phi) is 25.6. The van der Waals surface area contributed by atoms with Crippen molar-refractivity contribution in [2.75, 3.05) is 6.61 Å². The first-order valence-electron chi connectivity index (χ1n) is 32.7. The van der Waals surface area contributed by atoms with Gasteiger partial charge in [-0.1, -0.05) is 89.2 Å². The SMILES string of the molecule is CCC(C)(C)C(=O)OC(C)C(F)(F)S(=O)(=O)[O-].CCC(C)(C)C(=O)OC1(CC)CC2CC1C1C3CCC(C3)C21.CCC(C)(C)C(=O)Oc1ccc2[nH]c(=O)oc2c1.CCOc1cc(O)cc(OC(=O)C(C)(C)CC)c1.c1ccc([S+](c2ccccc2)c2ccccc2)cc1. The molecule has 8 atom stereocenters. The van der Waals surface area contributed by atoms with E-state index < -0.39 is 49.4 Å². The number of rotatable bonds is 20. The fourth-order valence-electron chi connectivity index (χ4n) is 12.2. The van der Waals surface area contributed by atoms with Gasteiger partial charge in [0, 0.05) is 30.2 Å². The molecule has 2 N–H and O–H groups in total. The number of halogens is 2. The number of phenols is 1. The van der Waals surface area contributed by atoms with Crippen molar-refractivity contribution in [3.8, 4) is 23.0 Å². The van der Waals surface area contributed by atoms with Gasteiger partial charge < -0.3 is 37.8 Å². The average molecular weight is 1340 g/mol. The first kappa shape index (κ1) is 76.0. The number of nitrogens with one attached hydrogen (secondary N) is 1. The lowest BCUT2D eigenvalue weighted by Gasteiger charge is -2.46. The van der Waals surface area contributed by atoms with E-state index in [9.17, 15) is 50.8 Å². The highest BCUT2D eigenvalue weighted by Crippen LogP contribution is 2.71. The largest absolute Gasteiger partial charge is 0.743 e. The van der Waals surface area contributed by atoms with Crippen LogP contribution in [0, 0.1) is 57.2 Å². The Bertz CT molecular complexity index is 3570. The molecule has 94 heavy (non-hydrogen) atoms. The highest BCUT2D eigenvalue weighted by atomic mass is 32.2. The summed E-state index contributed by atoms with van der Waals surface area (Å²) in [5, 5.41) is 4.89. The normalized spacial score (nSPS) is 20.7. The number of alkyl halides is 2. The van der Waals surface area contributed by atoms with Crippen LogP contribution in [-0.2, 0) is 49.7 Å². The molecule has 10 rings (SSSR count). The van der Waals surface area contributed by atoms with E-state index in [4.69, 9.17) is 23.4 Å². The summed E-state index contributed by atoms with van der Waals surface area (Å²) >= 11 is 0. The molecule has 0 saturated heterocycles. The third-order valence-corrected chi connectivity index (χ3v) is 22.8. The van der Waals surface area contributed by atoms with Crippen LogP contribution < -0.4 is 20.0 Å². The van der Waals surface area contributed by atoms with Crippen molar-refractivity contribution in [1.82, 2.24) is 4.98 Å². The van der Waals surface area contributed by atoms with Crippen molar-refractivity contribution in [3.05, 3.63) is 138 Å². The van der Waals surface area contributed by atoms with E-state index in [0.29, 0.717) is 67.1 Å². The van der Waals surface area contributed by atoms with Gasteiger partial charge >= 0.3 is 34.9 Å². The van der Waals surface area contributed by atoms with Crippen LogP contribution in [0.1, 0.15) is 168 Å². The minimum Gasteiger partial charge on any atom is -0.743 e. The molecule has 4 fully saturated rings. The third-order valence-electron chi connectivity index (χ3n) is 19.6. The lowest BCUT2D eigenvalue weighted by Crippen LogP contribution is -2.49. The van der Waals surface area contributed by atoms with Crippen LogP contribution in [0.3, 0.4) is 0 Å². The van der Waals surface area contributed by atoms with Gasteiger partial charge in [0.15, 0.2) is 36.5 Å². The summed E-state index contributed by atoms with van der Waals surface area (Å²) < 4.78 is 88.2. The van der Waals surface area contributed by atoms with Gasteiger partial charge in [-0.05, 0) is 212 Å². The van der Waals surface area contributed by atoms with E-state index in [1.54, 1.807) is 25.1 Å². The van der Waals surface area contributed by atoms with Gasteiger partial charge in [-0.3, -0.25) is 24.2 Å². The van der Waals surface area contributed by atoms with E-state index in [-0.39, 0.29) is 45.6 Å². The molecule has 4 bridgehead atoms. The molecule has 514 valence electrons. The number of ether oxygens (including phenoxy) is 5. The van der Waals surface area contributed by atoms with Gasteiger partial charge in [0.2, 0.25) is 0 Å². The number of hydrogen-bond acceptors (Lipinski definition) is 15. The number of esters is 4. The summed E-state index contributed by atoms with van der Waals surface area (Å²) in [6, 6.07) is 41.4. The van der Waals surface area contributed by atoms with Gasteiger partial charge in [0.25, 0.3) is 0 Å². The van der Waals surface area contributed by atoms with Gasteiger partial charge in [-0.25, -0.2) is 13.2 Å². The predicted octanol–water partition coefficient (Wildman–Crippen LogP) is 16.7. The Balaban J connectivity index is 0.000000187. The Hall–Kier alpha value is -7.03. The van der Waals surface area contributed by atoms with Crippen molar-refractivity contribution in [2.24, 2.45) is 57.2 Å². The topological polar surface area (TPSA) is 238 Å². The Morgan fingerprint density at radius 2 is 1.09 bits per heavy atom. The molecule has 16 nitrogen and oxygen atoms in total. The number of hydrogen-bond donors (Lipinski definition) is 2. The number of benzene rings is 5. The molecule has 5 aromatic carbocycles. The van der Waals surface area contributed by atoms with Crippen LogP contribution in [0.2, 0.25) is 0 Å². The van der Waals surface area contributed by atoms with Crippen LogP contribution in [0.4, 0.5) is 8.78 Å². The van der Waals surface area contributed by atoms with E-state index in [1.165, 1.54) is 72.4 Å². The molecule has 0 spiro atoms. The summed E-state index contributed by atoms with van der Waals surface area (Å²) in [4.78, 5) is 65.5. The minimum atomic E-state index is -5.86. The van der Waals surface area contributed by atoms with Crippen LogP contribution >= 0.6 is 0 Å². The summed E-state index contributed by atoms with van der Waals surface area (Å²) in [6.07, 6.45) is 8.17. The summed E-state index contributed by atoms with van der Waals surface area (Å²) in [5.41, 5.74) is -1.60. The van der Waals surface area contributed by atoms with E-state index in [0.717, 1.165) is 48.9 Å². The summed E-state index contributed by atoms with van der Waals surface area (Å²) in [5.74, 6) is 4.44. The highest BCUT2D eigenvalue weighted by Gasteiger charge is 2.68. The molecular formula is C74H97F2NO15S2. The van der Waals surface area contributed by atoms with Crippen molar-refractivity contribution in [3.63, 3.8) is 0 Å². The van der Waals surface area contributed by atoms with Gasteiger partial charge in [-0.15, -0.1) is 0 Å². The number of carbonyl (C=O) groups is 4. The number of phenolic OH excluding ortho intramolecular Hbond substituents is 1. The van der Waals surface area contributed by atoms with E-state index in [1.807, 2.05) is 62.3 Å². The Labute approximate surface area is 556 Å². The molecule has 6 aromatic rings. The Morgan fingerprint density at radius 1 is 0.628 bits per heavy atom. The molecule has 8 unspecified atom stereocenters. The second kappa shape index (κ2) is 31.7. The molecule has 0 aliphatic heterocycles. The summed E-state index contributed by atoms with van der Waals surface area (Å²) in [6.45, 7) is 27.1. The quantitative estimate of drug-likeness (QED) is 0.0238. The monoisotopic (exact) mass is 1340 g/mol. The van der Waals surface area contributed by atoms with Crippen molar-refractivity contribution in [2.45, 2.75) is 200 Å². The third kappa shape index (κ3) is 18.5. The van der Waals surface area contributed by atoms with Gasteiger partial charge in [0.05, 0.1) is 44.7 Å².